The number of hydrogen-bond donors (Lipinski definition) is 2. The van der Waals surface area contributed by atoms with Crippen molar-refractivity contribution in [2.75, 3.05) is 13.1 Å². The zero-order valence-electron chi connectivity index (χ0n) is 18.2. The van der Waals surface area contributed by atoms with Crippen molar-refractivity contribution in [3.63, 3.8) is 0 Å². The number of carbonyl (C=O) groups excluding carboxylic acids is 1. The van der Waals surface area contributed by atoms with E-state index in [1.165, 1.54) is 12.1 Å². The highest BCUT2D eigenvalue weighted by Gasteiger charge is 2.25. The molecule has 0 aliphatic carbocycles. The molecule has 1 aromatic heterocycles. The van der Waals surface area contributed by atoms with Crippen molar-refractivity contribution in [2.24, 2.45) is 0 Å². The van der Waals surface area contributed by atoms with E-state index in [1.54, 1.807) is 41.8 Å². The first-order valence-electron chi connectivity index (χ1n) is 10.5. The highest BCUT2D eigenvalue weighted by molar-refractivity contribution is 7.81. The van der Waals surface area contributed by atoms with Gasteiger partial charge in [0.05, 0.1) is 10.7 Å². The van der Waals surface area contributed by atoms with Crippen LogP contribution >= 0.6 is 23.2 Å². The largest absolute Gasteiger partial charge is 0.446 e. The van der Waals surface area contributed by atoms with E-state index in [-0.39, 0.29) is 17.4 Å². The highest BCUT2D eigenvalue weighted by Crippen LogP contribution is 2.33. The molecule has 1 fully saturated rings. The summed E-state index contributed by atoms with van der Waals surface area (Å²) in [5, 5.41) is 2.70. The molecule has 12 heteroatoms. The molecule has 0 unspecified atom stereocenters. The summed E-state index contributed by atoms with van der Waals surface area (Å²) >= 11 is 12.5. The Hall–Kier alpha value is -2.63. The van der Waals surface area contributed by atoms with Gasteiger partial charge in [-0.2, -0.15) is 8.42 Å². The lowest BCUT2D eigenvalue weighted by Gasteiger charge is -2.26. The minimum atomic E-state index is -4.65. The molecule has 1 aliphatic rings. The van der Waals surface area contributed by atoms with E-state index in [2.05, 4.69) is 14.6 Å². The number of nitrogens with zero attached hydrogens (tertiary/aromatic N) is 3. The SMILES string of the molecule is Cc1c(C(=O)NN2CCCCC2)nc(-c2ccc(Cl)cc2Cl)n1-c1ccc(OS(=O)(=O)O)cc1. The van der Waals surface area contributed by atoms with Gasteiger partial charge in [-0.05, 0) is 62.2 Å². The number of piperidine rings is 1. The van der Waals surface area contributed by atoms with E-state index in [1.807, 2.05) is 5.01 Å². The van der Waals surface area contributed by atoms with Crippen LogP contribution in [-0.4, -0.2) is 46.5 Å². The maximum Gasteiger partial charge on any atom is 0.446 e. The van der Waals surface area contributed by atoms with Gasteiger partial charge in [-0.3, -0.25) is 19.3 Å². The Morgan fingerprint density at radius 1 is 1.09 bits per heavy atom. The van der Waals surface area contributed by atoms with E-state index < -0.39 is 10.4 Å². The number of aromatic nitrogens is 2. The minimum absolute atomic E-state index is 0.0711. The average Bonchev–Trinajstić information content (AvgIpc) is 3.11. The molecule has 3 aromatic rings. The van der Waals surface area contributed by atoms with Crippen LogP contribution in [0.5, 0.6) is 5.75 Å². The van der Waals surface area contributed by atoms with E-state index in [0.29, 0.717) is 32.8 Å². The predicted octanol–water partition coefficient (Wildman–Crippen LogP) is 4.47. The van der Waals surface area contributed by atoms with Gasteiger partial charge >= 0.3 is 10.4 Å². The summed E-state index contributed by atoms with van der Waals surface area (Å²) in [5.41, 5.74) is 4.84. The van der Waals surface area contributed by atoms with Gasteiger partial charge in [0.25, 0.3) is 5.91 Å². The third-order valence-electron chi connectivity index (χ3n) is 5.41. The second-order valence-electron chi connectivity index (χ2n) is 7.82. The number of rotatable bonds is 6. The van der Waals surface area contributed by atoms with Crippen LogP contribution in [0.4, 0.5) is 0 Å². The lowest BCUT2D eigenvalue weighted by molar-refractivity contribution is 0.0744. The molecule has 180 valence electrons. The van der Waals surface area contributed by atoms with E-state index >= 15 is 0 Å². The van der Waals surface area contributed by atoms with Gasteiger partial charge < -0.3 is 4.18 Å². The number of carbonyl (C=O) groups is 1. The first-order valence-corrected chi connectivity index (χ1v) is 12.6. The average molecular weight is 525 g/mol. The van der Waals surface area contributed by atoms with E-state index in [0.717, 1.165) is 32.4 Å². The Kier molecular flexibility index (Phi) is 7.15. The molecule has 1 saturated heterocycles. The number of amides is 1. The van der Waals surface area contributed by atoms with Crippen molar-refractivity contribution in [3.05, 3.63) is 63.9 Å². The molecular weight excluding hydrogens is 503 g/mol. The van der Waals surface area contributed by atoms with Crippen LogP contribution in [0.2, 0.25) is 10.0 Å². The standard InChI is InChI=1S/C22H22Cl2N4O5S/c1-14-20(22(29)26-27-11-3-2-4-12-27)25-21(18-10-5-15(23)13-19(18)24)28(14)16-6-8-17(9-7-16)33-34(30,31)32/h5-10,13H,2-4,11-12H2,1H3,(H,26,29)(H,30,31,32). The predicted molar refractivity (Wildman–Crippen MR) is 129 cm³/mol. The summed E-state index contributed by atoms with van der Waals surface area (Å²) in [4.78, 5) is 17.7. The van der Waals surface area contributed by atoms with Gasteiger partial charge in [0, 0.05) is 29.4 Å². The van der Waals surface area contributed by atoms with Crippen molar-refractivity contribution < 1.29 is 21.9 Å². The molecule has 2 aromatic carbocycles. The van der Waals surface area contributed by atoms with Crippen molar-refractivity contribution in [1.82, 2.24) is 20.0 Å². The number of hydrazine groups is 1. The lowest BCUT2D eigenvalue weighted by Crippen LogP contribution is -2.45. The third-order valence-corrected chi connectivity index (χ3v) is 6.36. The Balaban J connectivity index is 1.78. The second-order valence-corrected chi connectivity index (χ2v) is 9.69. The number of nitrogens with one attached hydrogen (secondary N) is 1. The summed E-state index contributed by atoms with van der Waals surface area (Å²) in [6.45, 7) is 3.31. The van der Waals surface area contributed by atoms with Crippen LogP contribution in [0.1, 0.15) is 35.4 Å². The van der Waals surface area contributed by atoms with Gasteiger partial charge in [0.1, 0.15) is 11.6 Å². The van der Waals surface area contributed by atoms with Gasteiger partial charge in [-0.15, -0.1) is 0 Å². The van der Waals surface area contributed by atoms with Crippen LogP contribution in [0, 0.1) is 6.92 Å². The molecule has 1 amide bonds. The van der Waals surface area contributed by atoms with Crippen molar-refractivity contribution in [2.45, 2.75) is 26.2 Å². The van der Waals surface area contributed by atoms with Crippen LogP contribution in [-0.2, 0) is 10.4 Å². The van der Waals surface area contributed by atoms with Crippen molar-refractivity contribution >= 4 is 39.5 Å². The fraction of sp³-hybridized carbons (Fsp3) is 0.273. The smallest absolute Gasteiger partial charge is 0.362 e. The molecule has 34 heavy (non-hydrogen) atoms. The van der Waals surface area contributed by atoms with E-state index in [4.69, 9.17) is 27.8 Å². The van der Waals surface area contributed by atoms with Crippen molar-refractivity contribution in [1.29, 1.82) is 0 Å². The van der Waals surface area contributed by atoms with Crippen LogP contribution in [0.3, 0.4) is 0 Å². The number of hydrogen-bond acceptors (Lipinski definition) is 6. The second kappa shape index (κ2) is 9.93. The quantitative estimate of drug-likeness (QED) is 0.457. The molecule has 0 saturated carbocycles. The molecule has 2 heterocycles. The summed E-state index contributed by atoms with van der Waals surface area (Å²) < 4.78 is 37.1. The first kappa shape index (κ1) is 24.5. The molecule has 0 radical (unpaired) electrons. The summed E-state index contributed by atoms with van der Waals surface area (Å²) in [7, 11) is -4.65. The summed E-state index contributed by atoms with van der Waals surface area (Å²) in [6.07, 6.45) is 3.16. The Morgan fingerprint density at radius 3 is 2.38 bits per heavy atom. The zero-order valence-corrected chi connectivity index (χ0v) is 20.5. The van der Waals surface area contributed by atoms with Gasteiger partial charge in [0.15, 0.2) is 5.69 Å². The fourth-order valence-electron chi connectivity index (χ4n) is 3.86. The fourth-order valence-corrected chi connectivity index (χ4v) is 4.71. The minimum Gasteiger partial charge on any atom is -0.362 e. The van der Waals surface area contributed by atoms with Gasteiger partial charge in [0.2, 0.25) is 0 Å². The topological polar surface area (TPSA) is 114 Å². The van der Waals surface area contributed by atoms with Gasteiger partial charge in [-0.1, -0.05) is 29.6 Å². The maximum absolute atomic E-state index is 13.1. The number of halogens is 2. The number of benzene rings is 2. The molecule has 0 spiro atoms. The molecule has 2 N–H and O–H groups in total. The van der Waals surface area contributed by atoms with Gasteiger partial charge in [-0.25, -0.2) is 9.99 Å². The Labute approximate surface area is 207 Å². The molecule has 4 rings (SSSR count). The normalized spacial score (nSPS) is 14.7. The maximum atomic E-state index is 13.1. The zero-order chi connectivity index (χ0) is 24.5. The molecule has 0 atom stereocenters. The molecular formula is C22H22Cl2N4O5S. The number of imidazole rings is 1. The summed E-state index contributed by atoms with van der Waals surface area (Å²) in [5.74, 6) is 0.000353. The first-order chi connectivity index (χ1) is 16.1. The Morgan fingerprint density at radius 2 is 1.76 bits per heavy atom. The van der Waals surface area contributed by atoms with E-state index in [9.17, 15) is 13.2 Å². The van der Waals surface area contributed by atoms with Crippen LogP contribution in [0.25, 0.3) is 17.1 Å². The molecule has 0 bridgehead atoms. The molecule has 9 nitrogen and oxygen atoms in total. The third kappa shape index (κ3) is 5.53. The van der Waals surface area contributed by atoms with Crippen LogP contribution in [0.15, 0.2) is 42.5 Å². The highest BCUT2D eigenvalue weighted by atomic mass is 35.5. The lowest BCUT2D eigenvalue weighted by atomic mass is 10.2. The molecule has 1 aliphatic heterocycles. The van der Waals surface area contributed by atoms with Crippen molar-refractivity contribution in [3.8, 4) is 22.8 Å². The monoisotopic (exact) mass is 524 g/mol. The Bertz CT molecular complexity index is 1320. The van der Waals surface area contributed by atoms with Crippen LogP contribution < -0.4 is 9.61 Å². The summed E-state index contributed by atoms with van der Waals surface area (Å²) in [6, 6.07) is 10.9.